The van der Waals surface area contributed by atoms with Gasteiger partial charge in [-0.1, -0.05) is 53.9 Å². The summed E-state index contributed by atoms with van der Waals surface area (Å²) in [6.45, 7) is 2.47. The predicted octanol–water partition coefficient (Wildman–Crippen LogP) is 6.36. The predicted molar refractivity (Wildman–Crippen MR) is 128 cm³/mol. The molecule has 160 valence electrons. The van der Waals surface area contributed by atoms with Crippen molar-refractivity contribution in [2.24, 2.45) is 10.9 Å². The highest BCUT2D eigenvalue weighted by Crippen LogP contribution is 2.42. The highest BCUT2D eigenvalue weighted by molar-refractivity contribution is 9.10. The van der Waals surface area contributed by atoms with Crippen molar-refractivity contribution in [1.82, 2.24) is 4.90 Å². The van der Waals surface area contributed by atoms with Crippen LogP contribution in [0.15, 0.2) is 56.8 Å². The minimum atomic E-state index is 0.0306. The van der Waals surface area contributed by atoms with Crippen LogP contribution in [0.4, 0.5) is 5.69 Å². The van der Waals surface area contributed by atoms with E-state index in [2.05, 4.69) is 22.9 Å². The molecule has 1 saturated heterocycles. The standard InChI is InChI=1S/C24H23BrN2O3S/c1-15-7-5-6-10-19(15)27-23(28)22(31-24(27)26-17-8-3-2-4-9-17)12-16-11-20-21(13-18(16)25)30-14-29-20/h2-4,8-9,11-13,15,19H,5-7,10,14H2,1H3/b22-12-,26-24?/t15-,19-/m0/s1. The number of carbonyl (C=O) groups excluding carboxylic acids is 1. The number of carbonyl (C=O) groups is 1. The molecule has 5 rings (SSSR count). The van der Waals surface area contributed by atoms with Crippen molar-refractivity contribution in [3.63, 3.8) is 0 Å². The number of para-hydroxylation sites is 1. The Morgan fingerprint density at radius 2 is 1.87 bits per heavy atom. The zero-order valence-corrected chi connectivity index (χ0v) is 19.6. The summed E-state index contributed by atoms with van der Waals surface area (Å²) >= 11 is 5.05. The Hall–Kier alpha value is -2.25. The van der Waals surface area contributed by atoms with E-state index in [1.54, 1.807) is 0 Å². The first kappa shape index (κ1) is 20.6. The van der Waals surface area contributed by atoms with Crippen molar-refractivity contribution in [3.05, 3.63) is 57.4 Å². The van der Waals surface area contributed by atoms with Crippen LogP contribution in [-0.2, 0) is 4.79 Å². The van der Waals surface area contributed by atoms with Gasteiger partial charge < -0.3 is 9.47 Å². The molecule has 5 nitrogen and oxygen atoms in total. The van der Waals surface area contributed by atoms with E-state index in [0.717, 1.165) is 40.2 Å². The second-order valence-electron chi connectivity index (χ2n) is 8.07. The summed E-state index contributed by atoms with van der Waals surface area (Å²) in [5.74, 6) is 1.89. The molecule has 0 N–H and O–H groups in total. The van der Waals surface area contributed by atoms with Gasteiger partial charge in [0.1, 0.15) is 0 Å². The summed E-state index contributed by atoms with van der Waals surface area (Å²) in [4.78, 5) is 21.1. The number of hydrogen-bond donors (Lipinski definition) is 0. The molecule has 2 fully saturated rings. The van der Waals surface area contributed by atoms with E-state index in [1.165, 1.54) is 18.2 Å². The van der Waals surface area contributed by atoms with Gasteiger partial charge in [-0.2, -0.15) is 0 Å². The molecular weight excluding hydrogens is 476 g/mol. The summed E-state index contributed by atoms with van der Waals surface area (Å²) in [6.07, 6.45) is 6.46. The lowest BCUT2D eigenvalue weighted by molar-refractivity contribution is -0.124. The van der Waals surface area contributed by atoms with Crippen LogP contribution in [0.3, 0.4) is 0 Å². The lowest BCUT2D eigenvalue weighted by Crippen LogP contribution is -2.44. The average Bonchev–Trinajstić information content (AvgIpc) is 3.34. The SMILES string of the molecule is C[C@H]1CCCC[C@@H]1N1C(=O)/C(=C/c2cc3c(cc2Br)OCO3)SC1=Nc1ccccc1. The van der Waals surface area contributed by atoms with Crippen LogP contribution in [0.5, 0.6) is 11.5 Å². The third-order valence-electron chi connectivity index (χ3n) is 5.99. The average molecular weight is 499 g/mol. The Bertz CT molecular complexity index is 1070. The van der Waals surface area contributed by atoms with E-state index in [-0.39, 0.29) is 18.7 Å². The summed E-state index contributed by atoms with van der Waals surface area (Å²) in [6, 6.07) is 13.8. The highest BCUT2D eigenvalue weighted by Gasteiger charge is 2.41. The molecule has 2 heterocycles. The number of benzene rings is 2. The van der Waals surface area contributed by atoms with E-state index in [0.29, 0.717) is 22.3 Å². The van der Waals surface area contributed by atoms with Gasteiger partial charge in [0.05, 0.1) is 10.6 Å². The van der Waals surface area contributed by atoms with Crippen LogP contribution in [0.1, 0.15) is 38.2 Å². The number of halogens is 1. The summed E-state index contributed by atoms with van der Waals surface area (Å²) in [7, 11) is 0. The monoisotopic (exact) mass is 498 g/mol. The Balaban J connectivity index is 1.53. The van der Waals surface area contributed by atoms with Gasteiger partial charge in [0, 0.05) is 10.5 Å². The second-order valence-corrected chi connectivity index (χ2v) is 9.94. The normalized spacial score (nSPS) is 25.6. The van der Waals surface area contributed by atoms with Gasteiger partial charge >= 0.3 is 0 Å². The molecule has 2 atom stereocenters. The van der Waals surface area contributed by atoms with Gasteiger partial charge in [0.25, 0.3) is 5.91 Å². The number of rotatable bonds is 3. The van der Waals surface area contributed by atoms with Gasteiger partial charge in [0.2, 0.25) is 6.79 Å². The fourth-order valence-electron chi connectivity index (χ4n) is 4.34. The minimum absolute atomic E-state index is 0.0306. The fourth-order valence-corrected chi connectivity index (χ4v) is 5.81. The molecular formula is C24H23BrN2O3S. The molecule has 2 aliphatic heterocycles. The van der Waals surface area contributed by atoms with E-state index in [9.17, 15) is 4.79 Å². The third-order valence-corrected chi connectivity index (χ3v) is 7.66. The molecule has 0 unspecified atom stereocenters. The number of fused-ring (bicyclic) bond motifs is 1. The maximum Gasteiger partial charge on any atom is 0.267 e. The molecule has 0 radical (unpaired) electrons. The molecule has 31 heavy (non-hydrogen) atoms. The Morgan fingerprint density at radius 1 is 1.13 bits per heavy atom. The lowest BCUT2D eigenvalue weighted by Gasteiger charge is -2.35. The maximum absolute atomic E-state index is 13.6. The Labute approximate surface area is 194 Å². The first-order chi connectivity index (χ1) is 15.1. The molecule has 1 amide bonds. The van der Waals surface area contributed by atoms with Gasteiger partial charge in [-0.15, -0.1) is 0 Å². The van der Waals surface area contributed by atoms with E-state index < -0.39 is 0 Å². The molecule has 2 aromatic rings. The molecule has 1 aliphatic carbocycles. The first-order valence-electron chi connectivity index (χ1n) is 10.6. The van der Waals surface area contributed by atoms with Crippen LogP contribution in [0, 0.1) is 5.92 Å². The number of hydrogen-bond acceptors (Lipinski definition) is 5. The number of aliphatic imine (C=N–C) groups is 1. The zero-order chi connectivity index (χ0) is 21.4. The maximum atomic E-state index is 13.6. The van der Waals surface area contributed by atoms with Crippen LogP contribution in [0.25, 0.3) is 6.08 Å². The molecule has 0 bridgehead atoms. The summed E-state index contributed by atoms with van der Waals surface area (Å²) in [5.41, 5.74) is 1.74. The number of ether oxygens (including phenoxy) is 2. The molecule has 0 aromatic heterocycles. The first-order valence-corrected chi connectivity index (χ1v) is 12.2. The summed E-state index contributed by atoms with van der Waals surface area (Å²) in [5, 5.41) is 0.762. The third kappa shape index (κ3) is 4.13. The number of amidine groups is 1. The molecule has 7 heteroatoms. The number of thioether (sulfide) groups is 1. The van der Waals surface area contributed by atoms with Crippen molar-refractivity contribution in [2.45, 2.75) is 38.6 Å². The Morgan fingerprint density at radius 3 is 2.65 bits per heavy atom. The van der Waals surface area contributed by atoms with Crippen molar-refractivity contribution in [1.29, 1.82) is 0 Å². The largest absolute Gasteiger partial charge is 0.454 e. The van der Waals surface area contributed by atoms with Crippen molar-refractivity contribution < 1.29 is 14.3 Å². The number of amides is 1. The van der Waals surface area contributed by atoms with E-state index in [1.807, 2.05) is 53.4 Å². The highest BCUT2D eigenvalue weighted by atomic mass is 79.9. The molecule has 0 spiro atoms. The molecule has 1 saturated carbocycles. The molecule has 3 aliphatic rings. The smallest absolute Gasteiger partial charge is 0.267 e. The van der Waals surface area contributed by atoms with Crippen LogP contribution in [0.2, 0.25) is 0 Å². The summed E-state index contributed by atoms with van der Waals surface area (Å²) < 4.78 is 11.8. The lowest BCUT2D eigenvalue weighted by atomic mass is 9.85. The fraction of sp³-hybridized carbons (Fsp3) is 0.333. The quantitative estimate of drug-likeness (QED) is 0.461. The Kier molecular flexibility index (Phi) is 5.80. The zero-order valence-electron chi connectivity index (χ0n) is 17.2. The van der Waals surface area contributed by atoms with E-state index >= 15 is 0 Å². The van der Waals surface area contributed by atoms with Crippen LogP contribution >= 0.6 is 27.7 Å². The van der Waals surface area contributed by atoms with Crippen molar-refractivity contribution in [2.75, 3.05) is 6.79 Å². The van der Waals surface area contributed by atoms with Crippen LogP contribution in [-0.4, -0.2) is 28.8 Å². The second kappa shape index (κ2) is 8.71. The van der Waals surface area contributed by atoms with Crippen LogP contribution < -0.4 is 9.47 Å². The topological polar surface area (TPSA) is 51.1 Å². The van der Waals surface area contributed by atoms with Crippen molar-refractivity contribution >= 4 is 50.5 Å². The van der Waals surface area contributed by atoms with Gasteiger partial charge in [-0.3, -0.25) is 9.69 Å². The van der Waals surface area contributed by atoms with Gasteiger partial charge in [-0.05, 0) is 66.4 Å². The van der Waals surface area contributed by atoms with E-state index in [4.69, 9.17) is 14.5 Å². The van der Waals surface area contributed by atoms with Crippen molar-refractivity contribution in [3.8, 4) is 11.5 Å². The van der Waals surface area contributed by atoms with Gasteiger partial charge in [-0.25, -0.2) is 4.99 Å². The minimum Gasteiger partial charge on any atom is -0.454 e. The molecule has 2 aromatic carbocycles. The number of nitrogens with zero attached hydrogens (tertiary/aromatic N) is 2. The van der Waals surface area contributed by atoms with Gasteiger partial charge in [0.15, 0.2) is 16.7 Å².